The number of fused-ring (bicyclic) bond motifs is 2. The van der Waals surface area contributed by atoms with Crippen LogP contribution in [0.5, 0.6) is 0 Å². The van der Waals surface area contributed by atoms with E-state index in [2.05, 4.69) is 33.4 Å². The molecule has 3 aliphatic rings. The van der Waals surface area contributed by atoms with E-state index < -0.39 is 0 Å². The maximum absolute atomic E-state index is 13.9. The number of carbonyl (C=O) groups is 1. The SMILES string of the molecule is CCC(C)=C(C=CC(=NC)c1ccc2c(c1)CN1CCC2(c2ccc(F)c(Cl)c2)CC1)C(=O)NC. The molecule has 5 rings (SSSR count). The van der Waals surface area contributed by atoms with E-state index in [0.29, 0.717) is 5.57 Å². The largest absolute Gasteiger partial charge is 0.355 e. The zero-order chi connectivity index (χ0) is 25.2. The summed E-state index contributed by atoms with van der Waals surface area (Å²) < 4.78 is 13.9. The van der Waals surface area contributed by atoms with Crippen LogP contribution in [0.3, 0.4) is 0 Å². The molecule has 1 N–H and O–H groups in total. The van der Waals surface area contributed by atoms with Gasteiger partial charge in [0.25, 0.3) is 5.91 Å². The fraction of sp³-hybridized carbons (Fsp3) is 0.379. The lowest BCUT2D eigenvalue weighted by Gasteiger charge is -2.39. The zero-order valence-corrected chi connectivity index (χ0v) is 21.7. The van der Waals surface area contributed by atoms with Crippen molar-refractivity contribution in [2.24, 2.45) is 4.99 Å². The molecule has 1 saturated heterocycles. The minimum atomic E-state index is -0.382. The smallest absolute Gasteiger partial charge is 0.250 e. The number of hydrogen-bond donors (Lipinski definition) is 1. The highest BCUT2D eigenvalue weighted by Gasteiger charge is 2.42. The van der Waals surface area contributed by atoms with Crippen molar-refractivity contribution < 1.29 is 9.18 Å². The molecular formula is C29H33ClFN3O. The molecule has 0 atom stereocenters. The fourth-order valence-corrected chi connectivity index (χ4v) is 5.57. The first kappa shape index (κ1) is 25.3. The number of benzene rings is 2. The van der Waals surface area contributed by atoms with Crippen LogP contribution in [-0.4, -0.2) is 43.7 Å². The van der Waals surface area contributed by atoms with Crippen LogP contribution in [-0.2, 0) is 16.8 Å². The Hall–Kier alpha value is -2.76. The molecule has 2 aromatic rings. The monoisotopic (exact) mass is 493 g/mol. The molecule has 0 aliphatic carbocycles. The standard InChI is InChI=1S/C29H33ClFN3O/c1-5-19(2)23(28(35)33-4)8-11-27(32-3)20-6-9-24-21(16-20)18-34-14-12-29(24,13-15-34)22-7-10-26(31)25(30)17-22/h6-11,16-17H,5,12-15,18H2,1-4H3,(H,33,35). The van der Waals surface area contributed by atoms with Gasteiger partial charge in [-0.3, -0.25) is 14.7 Å². The topological polar surface area (TPSA) is 44.7 Å². The predicted octanol–water partition coefficient (Wildman–Crippen LogP) is 5.82. The average Bonchev–Trinajstić information content (AvgIpc) is 3.13. The number of nitrogens with zero attached hydrogens (tertiary/aromatic N) is 2. The van der Waals surface area contributed by atoms with Gasteiger partial charge in [0.05, 0.1) is 10.7 Å². The third kappa shape index (κ3) is 4.85. The lowest BCUT2D eigenvalue weighted by Crippen LogP contribution is -2.39. The number of halogens is 2. The third-order valence-corrected chi connectivity index (χ3v) is 7.89. The maximum atomic E-state index is 13.9. The number of carbonyl (C=O) groups excluding carboxylic acids is 1. The van der Waals surface area contributed by atoms with Gasteiger partial charge >= 0.3 is 0 Å². The van der Waals surface area contributed by atoms with Crippen molar-refractivity contribution in [3.8, 4) is 0 Å². The van der Waals surface area contributed by atoms with Gasteiger partial charge in [0.15, 0.2) is 0 Å². The molecule has 0 radical (unpaired) electrons. The number of rotatable bonds is 6. The van der Waals surface area contributed by atoms with Gasteiger partial charge < -0.3 is 5.32 Å². The Balaban J connectivity index is 1.75. The van der Waals surface area contributed by atoms with E-state index in [1.165, 1.54) is 17.2 Å². The van der Waals surface area contributed by atoms with Gasteiger partial charge in [-0.2, -0.15) is 0 Å². The number of hydrogen-bond acceptors (Lipinski definition) is 3. The van der Waals surface area contributed by atoms with Crippen molar-refractivity contribution >= 4 is 23.2 Å². The number of aliphatic imine (C=N–C) groups is 1. The van der Waals surface area contributed by atoms with Crippen LogP contribution in [0, 0.1) is 5.82 Å². The quantitative estimate of drug-likeness (QED) is 0.313. The Bertz CT molecular complexity index is 1220. The average molecular weight is 494 g/mol. The molecule has 1 fully saturated rings. The second-order valence-corrected chi connectivity index (χ2v) is 9.84. The van der Waals surface area contributed by atoms with Crippen LogP contribution in [0.15, 0.2) is 64.7 Å². The van der Waals surface area contributed by atoms with Gasteiger partial charge in [0, 0.05) is 31.6 Å². The molecule has 184 valence electrons. The first-order valence-electron chi connectivity index (χ1n) is 12.2. The predicted molar refractivity (Wildman–Crippen MR) is 142 cm³/mol. The van der Waals surface area contributed by atoms with E-state index >= 15 is 0 Å². The molecule has 0 spiro atoms. The minimum Gasteiger partial charge on any atom is -0.355 e. The van der Waals surface area contributed by atoms with Crippen LogP contribution < -0.4 is 5.32 Å². The van der Waals surface area contributed by atoms with Gasteiger partial charge in [0.1, 0.15) is 5.82 Å². The minimum absolute atomic E-state index is 0.0951. The molecule has 2 aromatic carbocycles. The Labute approximate surface area is 212 Å². The molecule has 35 heavy (non-hydrogen) atoms. The van der Waals surface area contributed by atoms with E-state index in [1.54, 1.807) is 20.2 Å². The Morgan fingerprint density at radius 3 is 2.57 bits per heavy atom. The molecule has 3 aliphatic heterocycles. The molecular weight excluding hydrogens is 461 g/mol. The second kappa shape index (κ2) is 10.5. The van der Waals surface area contributed by atoms with Gasteiger partial charge in [-0.25, -0.2) is 4.39 Å². The molecule has 0 aromatic heterocycles. The Morgan fingerprint density at radius 2 is 1.94 bits per heavy atom. The molecule has 6 heteroatoms. The highest BCUT2D eigenvalue weighted by molar-refractivity contribution is 6.30. The van der Waals surface area contributed by atoms with E-state index in [1.807, 2.05) is 32.1 Å². The summed E-state index contributed by atoms with van der Waals surface area (Å²) in [6.45, 7) is 6.87. The van der Waals surface area contributed by atoms with E-state index in [-0.39, 0.29) is 22.2 Å². The highest BCUT2D eigenvalue weighted by Crippen LogP contribution is 2.47. The van der Waals surface area contributed by atoms with E-state index in [0.717, 1.165) is 61.3 Å². The van der Waals surface area contributed by atoms with Crippen LogP contribution in [0.4, 0.5) is 4.39 Å². The van der Waals surface area contributed by atoms with Crippen molar-refractivity contribution in [3.05, 3.63) is 92.8 Å². The van der Waals surface area contributed by atoms with Gasteiger partial charge in [0.2, 0.25) is 0 Å². The summed E-state index contributed by atoms with van der Waals surface area (Å²) in [4.78, 5) is 19.4. The van der Waals surface area contributed by atoms with Crippen molar-refractivity contribution in [1.29, 1.82) is 0 Å². The van der Waals surface area contributed by atoms with Crippen molar-refractivity contribution in [2.45, 2.75) is 45.1 Å². The molecule has 3 heterocycles. The second-order valence-electron chi connectivity index (χ2n) is 9.43. The number of piperidine rings is 1. The van der Waals surface area contributed by atoms with E-state index in [4.69, 9.17) is 11.6 Å². The summed E-state index contributed by atoms with van der Waals surface area (Å²) in [6, 6.07) is 11.7. The van der Waals surface area contributed by atoms with Crippen molar-refractivity contribution in [1.82, 2.24) is 10.2 Å². The van der Waals surface area contributed by atoms with Gasteiger partial charge in [-0.15, -0.1) is 0 Å². The van der Waals surface area contributed by atoms with Crippen molar-refractivity contribution in [3.63, 3.8) is 0 Å². The summed E-state index contributed by atoms with van der Waals surface area (Å²) in [7, 11) is 3.42. The van der Waals surface area contributed by atoms with Crippen LogP contribution in [0.25, 0.3) is 0 Å². The number of allylic oxidation sites excluding steroid dienone is 2. The lowest BCUT2D eigenvalue weighted by molar-refractivity contribution is -0.116. The molecule has 0 unspecified atom stereocenters. The molecule has 1 amide bonds. The first-order chi connectivity index (χ1) is 16.8. The lowest BCUT2D eigenvalue weighted by atomic mass is 9.68. The fourth-order valence-electron chi connectivity index (χ4n) is 5.39. The molecule has 4 nitrogen and oxygen atoms in total. The molecule has 2 bridgehead atoms. The van der Waals surface area contributed by atoms with Crippen LogP contribution in [0.2, 0.25) is 5.02 Å². The van der Waals surface area contributed by atoms with Crippen molar-refractivity contribution in [2.75, 3.05) is 27.2 Å². The summed E-state index contributed by atoms with van der Waals surface area (Å²) in [6.07, 6.45) is 6.54. The first-order valence-corrected chi connectivity index (χ1v) is 12.6. The number of nitrogens with one attached hydrogen (secondary N) is 1. The van der Waals surface area contributed by atoms with Crippen LogP contribution >= 0.6 is 11.6 Å². The highest BCUT2D eigenvalue weighted by atomic mass is 35.5. The Kier molecular flexibility index (Phi) is 7.58. The summed E-state index contributed by atoms with van der Waals surface area (Å²) in [5.74, 6) is -0.477. The summed E-state index contributed by atoms with van der Waals surface area (Å²) in [5, 5.41) is 2.90. The number of likely N-dealkylation sites (N-methyl/N-ethyl adjacent to an activating group) is 1. The maximum Gasteiger partial charge on any atom is 0.250 e. The normalized spacial score (nSPS) is 22.6. The van der Waals surface area contributed by atoms with Gasteiger partial charge in [-0.05, 0) is 91.9 Å². The Morgan fingerprint density at radius 1 is 1.20 bits per heavy atom. The molecule has 0 saturated carbocycles. The zero-order valence-electron chi connectivity index (χ0n) is 20.9. The third-order valence-electron chi connectivity index (χ3n) is 7.60. The number of amides is 1. The summed E-state index contributed by atoms with van der Waals surface area (Å²) >= 11 is 6.20. The van der Waals surface area contributed by atoms with E-state index in [9.17, 15) is 9.18 Å². The van der Waals surface area contributed by atoms with Gasteiger partial charge in [-0.1, -0.05) is 42.3 Å². The van der Waals surface area contributed by atoms with Crippen LogP contribution in [0.1, 0.15) is 55.4 Å². The summed E-state index contributed by atoms with van der Waals surface area (Å²) in [5.41, 5.74) is 7.00.